The Morgan fingerprint density at radius 1 is 1.10 bits per heavy atom. The molecule has 102 valence electrons. The average molecular weight is 265 g/mol. The maximum absolute atomic E-state index is 11.9. The third-order valence-electron chi connectivity index (χ3n) is 3.96. The molecule has 0 spiro atoms. The fraction of sp³-hybridized carbons (Fsp3) is 0.278. The monoisotopic (exact) mass is 265 g/mol. The Kier molecular flexibility index (Phi) is 3.31. The van der Waals surface area contributed by atoms with Gasteiger partial charge in [0.15, 0.2) is 0 Å². The Balaban J connectivity index is 1.95. The fourth-order valence-corrected chi connectivity index (χ4v) is 2.78. The summed E-state index contributed by atoms with van der Waals surface area (Å²) >= 11 is 0. The highest BCUT2D eigenvalue weighted by molar-refractivity contribution is 5.95. The molecule has 0 saturated carbocycles. The summed E-state index contributed by atoms with van der Waals surface area (Å²) in [4.78, 5) is 13.8. The van der Waals surface area contributed by atoms with Crippen molar-refractivity contribution in [3.63, 3.8) is 0 Å². The zero-order chi connectivity index (χ0) is 14.1. The first-order valence-electron chi connectivity index (χ1n) is 7.19. The molecule has 20 heavy (non-hydrogen) atoms. The first-order chi connectivity index (χ1) is 9.69. The van der Waals surface area contributed by atoms with E-state index in [-0.39, 0.29) is 5.91 Å². The van der Waals surface area contributed by atoms with Gasteiger partial charge in [0.05, 0.1) is 0 Å². The van der Waals surface area contributed by atoms with Crippen molar-refractivity contribution >= 4 is 11.6 Å². The van der Waals surface area contributed by atoms with Gasteiger partial charge in [0.25, 0.3) is 0 Å². The molecule has 0 atom stereocenters. The highest BCUT2D eigenvalue weighted by Crippen LogP contribution is 2.32. The summed E-state index contributed by atoms with van der Waals surface area (Å²) in [7, 11) is 0. The number of amides is 1. The van der Waals surface area contributed by atoms with Crippen LogP contribution in [0.5, 0.6) is 0 Å². The highest BCUT2D eigenvalue weighted by Gasteiger charge is 2.23. The van der Waals surface area contributed by atoms with Crippen LogP contribution in [-0.4, -0.2) is 12.5 Å². The van der Waals surface area contributed by atoms with Gasteiger partial charge in [-0.05, 0) is 42.2 Å². The first-order valence-corrected chi connectivity index (χ1v) is 7.19. The van der Waals surface area contributed by atoms with E-state index in [1.165, 1.54) is 22.3 Å². The molecule has 0 saturated heterocycles. The molecule has 1 heterocycles. The standard InChI is InChI=1S/C18H19NO/c1-3-18(20)19-11-10-16-12-15(8-9-17(16)19)14-6-4-13(2)5-7-14/h4-9,12H,3,10-11H2,1-2H3. The second-order valence-corrected chi connectivity index (χ2v) is 5.36. The van der Waals surface area contributed by atoms with E-state index >= 15 is 0 Å². The molecule has 3 rings (SSSR count). The molecule has 2 nitrogen and oxygen atoms in total. The molecular formula is C18H19NO. The Bertz CT molecular complexity index is 643. The molecule has 0 N–H and O–H groups in total. The number of rotatable bonds is 2. The SMILES string of the molecule is CCC(=O)N1CCc2cc(-c3ccc(C)cc3)ccc21. The maximum Gasteiger partial charge on any atom is 0.226 e. The van der Waals surface area contributed by atoms with Crippen LogP contribution in [-0.2, 0) is 11.2 Å². The van der Waals surface area contributed by atoms with E-state index in [1.54, 1.807) is 0 Å². The van der Waals surface area contributed by atoms with E-state index in [1.807, 2.05) is 11.8 Å². The topological polar surface area (TPSA) is 20.3 Å². The second kappa shape index (κ2) is 5.12. The summed E-state index contributed by atoms with van der Waals surface area (Å²) in [5, 5.41) is 0. The third-order valence-corrected chi connectivity index (χ3v) is 3.96. The zero-order valence-electron chi connectivity index (χ0n) is 12.0. The Morgan fingerprint density at radius 3 is 2.50 bits per heavy atom. The lowest BCUT2D eigenvalue weighted by atomic mass is 10.0. The summed E-state index contributed by atoms with van der Waals surface area (Å²) < 4.78 is 0. The second-order valence-electron chi connectivity index (χ2n) is 5.36. The minimum absolute atomic E-state index is 0.215. The molecule has 0 unspecified atom stereocenters. The van der Waals surface area contributed by atoms with Crippen molar-refractivity contribution in [1.82, 2.24) is 0 Å². The van der Waals surface area contributed by atoms with Crippen molar-refractivity contribution in [3.05, 3.63) is 53.6 Å². The van der Waals surface area contributed by atoms with Crippen LogP contribution < -0.4 is 4.90 Å². The van der Waals surface area contributed by atoms with Gasteiger partial charge in [-0.2, -0.15) is 0 Å². The van der Waals surface area contributed by atoms with E-state index in [9.17, 15) is 4.79 Å². The average Bonchev–Trinajstić information content (AvgIpc) is 2.90. The van der Waals surface area contributed by atoms with Crippen molar-refractivity contribution in [3.8, 4) is 11.1 Å². The number of hydrogen-bond donors (Lipinski definition) is 0. The van der Waals surface area contributed by atoms with Crippen LogP contribution in [0.25, 0.3) is 11.1 Å². The van der Waals surface area contributed by atoms with Crippen LogP contribution >= 0.6 is 0 Å². The Morgan fingerprint density at radius 2 is 1.80 bits per heavy atom. The van der Waals surface area contributed by atoms with Crippen molar-refractivity contribution in [2.24, 2.45) is 0 Å². The number of hydrogen-bond acceptors (Lipinski definition) is 1. The Labute approximate surface area is 120 Å². The van der Waals surface area contributed by atoms with Crippen LogP contribution in [0.15, 0.2) is 42.5 Å². The van der Waals surface area contributed by atoms with E-state index in [0.717, 1.165) is 18.7 Å². The van der Waals surface area contributed by atoms with Gasteiger partial charge in [-0.25, -0.2) is 0 Å². The molecule has 2 heteroatoms. The molecule has 0 aromatic heterocycles. The van der Waals surface area contributed by atoms with Gasteiger partial charge in [0.2, 0.25) is 5.91 Å². The number of fused-ring (bicyclic) bond motifs is 1. The lowest BCUT2D eigenvalue weighted by molar-refractivity contribution is -0.118. The summed E-state index contributed by atoms with van der Waals surface area (Å²) in [6.07, 6.45) is 1.53. The number of carbonyl (C=O) groups excluding carboxylic acids is 1. The van der Waals surface area contributed by atoms with Gasteiger partial charge in [0.1, 0.15) is 0 Å². The highest BCUT2D eigenvalue weighted by atomic mass is 16.2. The lowest BCUT2D eigenvalue weighted by Gasteiger charge is -2.16. The summed E-state index contributed by atoms with van der Waals surface area (Å²) in [5.74, 6) is 0.215. The maximum atomic E-state index is 11.9. The molecule has 1 amide bonds. The zero-order valence-corrected chi connectivity index (χ0v) is 12.0. The van der Waals surface area contributed by atoms with Gasteiger partial charge in [-0.3, -0.25) is 4.79 Å². The van der Waals surface area contributed by atoms with E-state index in [0.29, 0.717) is 6.42 Å². The van der Waals surface area contributed by atoms with Crippen molar-refractivity contribution in [2.75, 3.05) is 11.4 Å². The number of benzene rings is 2. The predicted octanol–water partition coefficient (Wildman–Crippen LogP) is 3.96. The molecule has 0 fully saturated rings. The number of nitrogens with zero attached hydrogens (tertiary/aromatic N) is 1. The minimum atomic E-state index is 0.215. The summed E-state index contributed by atoms with van der Waals surface area (Å²) in [6.45, 7) is 4.83. The lowest BCUT2D eigenvalue weighted by Crippen LogP contribution is -2.27. The molecular weight excluding hydrogens is 246 g/mol. The smallest absolute Gasteiger partial charge is 0.226 e. The number of carbonyl (C=O) groups is 1. The first kappa shape index (κ1) is 12.9. The van der Waals surface area contributed by atoms with Crippen molar-refractivity contribution in [2.45, 2.75) is 26.7 Å². The van der Waals surface area contributed by atoms with Crippen LogP contribution in [0.1, 0.15) is 24.5 Å². The molecule has 2 aromatic carbocycles. The van der Waals surface area contributed by atoms with E-state index < -0.39 is 0 Å². The molecule has 2 aromatic rings. The summed E-state index contributed by atoms with van der Waals surface area (Å²) in [5.41, 5.74) is 6.11. The number of aryl methyl sites for hydroxylation is 1. The predicted molar refractivity (Wildman–Crippen MR) is 83.0 cm³/mol. The van der Waals surface area contributed by atoms with Crippen LogP contribution in [0, 0.1) is 6.92 Å². The normalized spacial score (nSPS) is 13.4. The van der Waals surface area contributed by atoms with Crippen molar-refractivity contribution in [1.29, 1.82) is 0 Å². The molecule has 1 aliphatic rings. The third kappa shape index (κ3) is 2.22. The molecule has 1 aliphatic heterocycles. The van der Waals surface area contributed by atoms with Gasteiger partial charge in [-0.15, -0.1) is 0 Å². The van der Waals surface area contributed by atoms with E-state index in [2.05, 4.69) is 49.4 Å². The Hall–Kier alpha value is -2.09. The molecule has 0 aliphatic carbocycles. The molecule has 0 radical (unpaired) electrons. The van der Waals surface area contributed by atoms with Crippen LogP contribution in [0.2, 0.25) is 0 Å². The van der Waals surface area contributed by atoms with Gasteiger partial charge in [0, 0.05) is 18.7 Å². The fourth-order valence-electron chi connectivity index (χ4n) is 2.78. The van der Waals surface area contributed by atoms with Gasteiger partial charge in [-0.1, -0.05) is 42.8 Å². The van der Waals surface area contributed by atoms with Crippen LogP contribution in [0.4, 0.5) is 5.69 Å². The van der Waals surface area contributed by atoms with E-state index in [4.69, 9.17) is 0 Å². The number of anilines is 1. The van der Waals surface area contributed by atoms with Gasteiger partial charge < -0.3 is 4.90 Å². The minimum Gasteiger partial charge on any atom is -0.312 e. The van der Waals surface area contributed by atoms with Gasteiger partial charge >= 0.3 is 0 Å². The summed E-state index contributed by atoms with van der Waals surface area (Å²) in [6, 6.07) is 15.0. The van der Waals surface area contributed by atoms with Crippen molar-refractivity contribution < 1.29 is 4.79 Å². The molecule has 0 bridgehead atoms. The largest absolute Gasteiger partial charge is 0.312 e. The quantitative estimate of drug-likeness (QED) is 0.804. The van der Waals surface area contributed by atoms with Crippen LogP contribution in [0.3, 0.4) is 0 Å².